The molecule has 3 aromatic heterocycles. The summed E-state index contributed by atoms with van der Waals surface area (Å²) in [6.45, 7) is 7.19. The lowest BCUT2D eigenvalue weighted by Crippen LogP contribution is -2.29. The molecule has 1 saturated heterocycles. The number of aryl methyl sites for hydroxylation is 3. The summed E-state index contributed by atoms with van der Waals surface area (Å²) in [7, 11) is 0. The number of hydrogen-bond acceptors (Lipinski definition) is 6. The van der Waals surface area contributed by atoms with Crippen molar-refractivity contribution in [2.75, 3.05) is 13.1 Å². The molecule has 4 heterocycles. The van der Waals surface area contributed by atoms with Crippen LogP contribution in [0.25, 0.3) is 11.3 Å². The molecule has 1 amide bonds. The lowest BCUT2D eigenvalue weighted by molar-refractivity contribution is 0.0786. The molecule has 3 aromatic rings. The fraction of sp³-hybridized carbons (Fsp3) is 0.381. The van der Waals surface area contributed by atoms with Crippen LogP contribution in [0.1, 0.15) is 39.6 Å². The maximum Gasteiger partial charge on any atom is 0.255 e. The molecule has 1 fully saturated rings. The van der Waals surface area contributed by atoms with Gasteiger partial charge in [-0.05, 0) is 51.7 Å². The van der Waals surface area contributed by atoms with Crippen LogP contribution in [0.3, 0.4) is 0 Å². The minimum absolute atomic E-state index is 0.0508. The molecular weight excluding hydrogens is 354 g/mol. The second kappa shape index (κ2) is 7.50. The molecule has 1 unspecified atom stereocenters. The van der Waals surface area contributed by atoms with Gasteiger partial charge in [0.05, 0.1) is 34.4 Å². The van der Waals surface area contributed by atoms with E-state index >= 15 is 0 Å². The van der Waals surface area contributed by atoms with E-state index in [-0.39, 0.29) is 5.91 Å². The Bertz CT molecular complexity index is 960. The minimum atomic E-state index is 0.0508. The Morgan fingerprint density at radius 3 is 2.64 bits per heavy atom. The Morgan fingerprint density at radius 1 is 1.14 bits per heavy atom. The Hall–Kier alpha value is -3.09. The van der Waals surface area contributed by atoms with E-state index in [0.29, 0.717) is 11.5 Å². The van der Waals surface area contributed by atoms with Gasteiger partial charge in [-0.15, -0.1) is 0 Å². The molecule has 0 N–H and O–H groups in total. The molecule has 0 aromatic carbocycles. The van der Waals surface area contributed by atoms with Crippen LogP contribution < -0.4 is 0 Å². The van der Waals surface area contributed by atoms with Gasteiger partial charge < -0.3 is 9.42 Å². The lowest BCUT2D eigenvalue weighted by Gasteiger charge is -2.16. The Balaban J connectivity index is 1.39. The van der Waals surface area contributed by atoms with Crippen molar-refractivity contribution in [3.05, 3.63) is 59.1 Å². The van der Waals surface area contributed by atoms with Crippen LogP contribution in [-0.4, -0.2) is 44.0 Å². The fourth-order valence-corrected chi connectivity index (χ4v) is 3.69. The molecule has 0 saturated carbocycles. The van der Waals surface area contributed by atoms with Crippen molar-refractivity contribution in [2.24, 2.45) is 5.92 Å². The van der Waals surface area contributed by atoms with Gasteiger partial charge in [-0.3, -0.25) is 19.7 Å². The molecule has 7 heteroatoms. The molecule has 0 bridgehead atoms. The number of carbonyl (C=O) groups excluding carboxylic acids is 1. The first kappa shape index (κ1) is 18.3. The van der Waals surface area contributed by atoms with E-state index in [4.69, 9.17) is 4.52 Å². The average molecular weight is 377 g/mol. The average Bonchev–Trinajstić information content (AvgIpc) is 3.29. The van der Waals surface area contributed by atoms with E-state index in [2.05, 4.69) is 20.1 Å². The van der Waals surface area contributed by atoms with E-state index in [9.17, 15) is 4.79 Å². The van der Waals surface area contributed by atoms with Crippen LogP contribution in [0.2, 0.25) is 0 Å². The van der Waals surface area contributed by atoms with Crippen LogP contribution in [0.4, 0.5) is 0 Å². The monoisotopic (exact) mass is 377 g/mol. The van der Waals surface area contributed by atoms with Crippen LogP contribution >= 0.6 is 0 Å². The van der Waals surface area contributed by atoms with Gasteiger partial charge in [-0.25, -0.2) is 0 Å². The summed E-state index contributed by atoms with van der Waals surface area (Å²) >= 11 is 0. The summed E-state index contributed by atoms with van der Waals surface area (Å²) in [4.78, 5) is 27.9. The van der Waals surface area contributed by atoms with Crippen molar-refractivity contribution in [2.45, 2.75) is 33.6 Å². The normalized spacial score (nSPS) is 16.5. The second-order valence-corrected chi connectivity index (χ2v) is 7.39. The molecule has 7 nitrogen and oxygen atoms in total. The van der Waals surface area contributed by atoms with Crippen molar-refractivity contribution in [1.82, 2.24) is 25.0 Å². The zero-order chi connectivity index (χ0) is 19.7. The maximum absolute atomic E-state index is 12.6. The molecule has 4 rings (SSSR count). The zero-order valence-corrected chi connectivity index (χ0v) is 16.3. The summed E-state index contributed by atoms with van der Waals surface area (Å²) in [6, 6.07) is 3.72. The van der Waals surface area contributed by atoms with Gasteiger partial charge >= 0.3 is 0 Å². The number of rotatable bonds is 4. The predicted octanol–water partition coefficient (Wildman–Crippen LogP) is 3.16. The van der Waals surface area contributed by atoms with Gasteiger partial charge in [0.15, 0.2) is 0 Å². The molecule has 0 spiro atoms. The van der Waals surface area contributed by atoms with Gasteiger partial charge in [0.25, 0.3) is 5.91 Å². The van der Waals surface area contributed by atoms with Crippen LogP contribution in [-0.2, 0) is 6.42 Å². The molecule has 28 heavy (non-hydrogen) atoms. The molecule has 1 atom stereocenters. The van der Waals surface area contributed by atoms with Gasteiger partial charge in [-0.1, -0.05) is 5.16 Å². The highest BCUT2D eigenvalue weighted by Gasteiger charge is 2.27. The first-order chi connectivity index (χ1) is 13.5. The Kier molecular flexibility index (Phi) is 4.90. The van der Waals surface area contributed by atoms with Crippen LogP contribution in [0, 0.1) is 26.7 Å². The highest BCUT2D eigenvalue weighted by molar-refractivity contribution is 5.94. The van der Waals surface area contributed by atoms with Crippen molar-refractivity contribution >= 4 is 5.91 Å². The number of carbonyl (C=O) groups is 1. The van der Waals surface area contributed by atoms with E-state index in [0.717, 1.165) is 60.0 Å². The third kappa shape index (κ3) is 3.65. The number of hydrogen-bond donors (Lipinski definition) is 0. The largest absolute Gasteiger partial charge is 0.361 e. The lowest BCUT2D eigenvalue weighted by atomic mass is 10.0. The summed E-state index contributed by atoms with van der Waals surface area (Å²) in [6.07, 6.45) is 7.03. The molecule has 0 radical (unpaired) electrons. The third-order valence-electron chi connectivity index (χ3n) is 5.22. The highest BCUT2D eigenvalue weighted by Crippen LogP contribution is 2.25. The van der Waals surface area contributed by atoms with Gasteiger partial charge in [0.1, 0.15) is 5.76 Å². The summed E-state index contributed by atoms with van der Waals surface area (Å²) in [5, 5.41) is 3.97. The molecule has 144 valence electrons. The smallest absolute Gasteiger partial charge is 0.255 e. The maximum atomic E-state index is 12.6. The fourth-order valence-electron chi connectivity index (χ4n) is 3.69. The third-order valence-corrected chi connectivity index (χ3v) is 5.22. The molecule has 1 aliphatic heterocycles. The SMILES string of the molecule is Cc1ccc(C(=O)N2CCC(Cc3cnc(-c4c(C)noc4C)cn3)C2)cn1. The van der Waals surface area contributed by atoms with E-state index in [1.54, 1.807) is 12.4 Å². The number of amides is 1. The van der Waals surface area contributed by atoms with Gasteiger partial charge in [-0.2, -0.15) is 0 Å². The van der Waals surface area contributed by atoms with Crippen molar-refractivity contribution in [3.8, 4) is 11.3 Å². The quantitative estimate of drug-likeness (QED) is 0.694. The first-order valence-electron chi connectivity index (χ1n) is 9.47. The summed E-state index contributed by atoms with van der Waals surface area (Å²) in [5.74, 6) is 1.19. The van der Waals surface area contributed by atoms with E-state index < -0.39 is 0 Å². The summed E-state index contributed by atoms with van der Waals surface area (Å²) in [5.41, 5.74) is 4.99. The zero-order valence-electron chi connectivity index (χ0n) is 16.3. The topological polar surface area (TPSA) is 85.0 Å². The molecule has 1 aliphatic rings. The van der Waals surface area contributed by atoms with E-state index in [1.165, 1.54) is 0 Å². The Morgan fingerprint density at radius 2 is 2.00 bits per heavy atom. The van der Waals surface area contributed by atoms with Crippen LogP contribution in [0.5, 0.6) is 0 Å². The summed E-state index contributed by atoms with van der Waals surface area (Å²) < 4.78 is 5.21. The number of aromatic nitrogens is 4. The number of likely N-dealkylation sites (tertiary alicyclic amines) is 1. The predicted molar refractivity (Wildman–Crippen MR) is 104 cm³/mol. The van der Waals surface area contributed by atoms with Crippen molar-refractivity contribution in [1.29, 1.82) is 0 Å². The van der Waals surface area contributed by atoms with Gasteiger partial charge in [0, 0.05) is 31.2 Å². The highest BCUT2D eigenvalue weighted by atomic mass is 16.5. The van der Waals surface area contributed by atoms with Crippen molar-refractivity contribution < 1.29 is 9.32 Å². The van der Waals surface area contributed by atoms with Crippen molar-refractivity contribution in [3.63, 3.8) is 0 Å². The Labute approximate surface area is 163 Å². The first-order valence-corrected chi connectivity index (χ1v) is 9.47. The number of pyridine rings is 1. The molecular formula is C21H23N5O2. The van der Waals surface area contributed by atoms with Gasteiger partial charge in [0.2, 0.25) is 0 Å². The number of nitrogens with zero attached hydrogens (tertiary/aromatic N) is 5. The standard InChI is InChI=1S/C21H23N5O2/c1-13-4-5-17(9-22-13)21(27)26-7-6-16(12-26)8-18-10-24-19(11-23-18)20-14(2)25-28-15(20)3/h4-5,9-11,16H,6-8,12H2,1-3H3. The second-order valence-electron chi connectivity index (χ2n) is 7.39. The molecule has 0 aliphatic carbocycles. The van der Waals surface area contributed by atoms with E-state index in [1.807, 2.05) is 44.0 Å². The minimum Gasteiger partial charge on any atom is -0.361 e. The van der Waals surface area contributed by atoms with Crippen LogP contribution in [0.15, 0.2) is 35.2 Å².